The van der Waals surface area contributed by atoms with Crippen LogP contribution in [0.3, 0.4) is 0 Å². The number of aromatic amines is 1. The van der Waals surface area contributed by atoms with Gasteiger partial charge >= 0.3 is 0 Å². The van der Waals surface area contributed by atoms with Crippen molar-refractivity contribution in [1.29, 1.82) is 0 Å². The maximum atomic E-state index is 5.86. The summed E-state index contributed by atoms with van der Waals surface area (Å²) in [5.74, 6) is 1.13. The molecule has 4 heteroatoms. The number of hydrogen-bond acceptors (Lipinski definition) is 3. The van der Waals surface area contributed by atoms with Crippen LogP contribution in [0.5, 0.6) is 5.88 Å². The third-order valence-corrected chi connectivity index (χ3v) is 2.86. The fourth-order valence-corrected chi connectivity index (χ4v) is 1.49. The Morgan fingerprint density at radius 3 is 2.75 bits per heavy atom. The summed E-state index contributed by atoms with van der Waals surface area (Å²) in [5, 5.41) is 8.11. The van der Waals surface area contributed by atoms with E-state index in [4.69, 9.17) is 4.74 Å². The second kappa shape index (κ2) is 4.12. The Labute approximate surface area is 95.0 Å². The number of rotatable bonds is 3. The maximum Gasteiger partial charge on any atom is 0.225 e. The van der Waals surface area contributed by atoms with Crippen LogP contribution in [0.2, 0.25) is 0 Å². The number of nitrogens with zero attached hydrogens (tertiary/aromatic N) is 2. The number of nitrogens with one attached hydrogen (secondary N) is 1. The lowest BCUT2D eigenvalue weighted by atomic mass is 10.1. The highest BCUT2D eigenvalue weighted by atomic mass is 16.5. The van der Waals surface area contributed by atoms with E-state index < -0.39 is 0 Å². The molecule has 0 aliphatic heterocycles. The predicted octanol–water partition coefficient (Wildman–Crippen LogP) is 2.69. The summed E-state index contributed by atoms with van der Waals surface area (Å²) in [4.78, 5) is 4.28. The molecule has 2 heterocycles. The summed E-state index contributed by atoms with van der Waals surface area (Å²) < 4.78 is 5.86. The monoisotopic (exact) mass is 219 g/mol. The maximum absolute atomic E-state index is 5.86. The average Bonchev–Trinajstić information content (AvgIpc) is 2.61. The Kier molecular flexibility index (Phi) is 2.81. The number of fused-ring (bicyclic) bond motifs is 1. The molecule has 2 aromatic heterocycles. The van der Waals surface area contributed by atoms with E-state index in [0.717, 1.165) is 16.6 Å². The van der Waals surface area contributed by atoms with Crippen molar-refractivity contribution in [1.82, 2.24) is 15.2 Å². The predicted molar refractivity (Wildman–Crippen MR) is 63.6 cm³/mol. The van der Waals surface area contributed by atoms with Gasteiger partial charge in [-0.2, -0.15) is 5.10 Å². The second-order valence-electron chi connectivity index (χ2n) is 4.41. The molecule has 0 aliphatic rings. The number of pyridine rings is 1. The fraction of sp³-hybridized carbons (Fsp3) is 0.500. The quantitative estimate of drug-likeness (QED) is 0.863. The molecule has 86 valence electrons. The Morgan fingerprint density at radius 2 is 2.06 bits per heavy atom. The van der Waals surface area contributed by atoms with Crippen LogP contribution in [0, 0.1) is 12.8 Å². The number of aromatic nitrogens is 3. The fourth-order valence-electron chi connectivity index (χ4n) is 1.49. The zero-order chi connectivity index (χ0) is 11.7. The molecule has 0 saturated heterocycles. The molecule has 0 bridgehead atoms. The first-order chi connectivity index (χ1) is 7.59. The van der Waals surface area contributed by atoms with Crippen molar-refractivity contribution in [2.45, 2.75) is 33.8 Å². The van der Waals surface area contributed by atoms with E-state index in [2.05, 4.69) is 36.0 Å². The average molecular weight is 219 g/mol. The molecule has 0 amide bonds. The SMILES string of the molecule is Cc1n[nH]c2ccnc(O[C@@H](C)C(C)C)c12. The summed E-state index contributed by atoms with van der Waals surface area (Å²) in [6.45, 7) is 8.27. The molecule has 1 atom stereocenters. The molecule has 0 unspecified atom stereocenters. The highest BCUT2D eigenvalue weighted by molar-refractivity contribution is 5.85. The third-order valence-electron chi connectivity index (χ3n) is 2.86. The van der Waals surface area contributed by atoms with Crippen LogP contribution < -0.4 is 4.74 Å². The molecule has 0 fully saturated rings. The van der Waals surface area contributed by atoms with Crippen LogP contribution in [0.1, 0.15) is 26.5 Å². The molecule has 0 aliphatic carbocycles. The number of aryl methyl sites for hydroxylation is 1. The lowest BCUT2D eigenvalue weighted by Crippen LogP contribution is -2.19. The minimum Gasteiger partial charge on any atom is -0.474 e. The number of H-pyrrole nitrogens is 1. The van der Waals surface area contributed by atoms with Gasteiger partial charge in [0.05, 0.1) is 22.7 Å². The van der Waals surface area contributed by atoms with E-state index >= 15 is 0 Å². The van der Waals surface area contributed by atoms with Gasteiger partial charge in [0, 0.05) is 6.20 Å². The zero-order valence-electron chi connectivity index (χ0n) is 10.1. The van der Waals surface area contributed by atoms with Crippen LogP contribution in [0.4, 0.5) is 0 Å². The minimum atomic E-state index is 0.146. The first-order valence-corrected chi connectivity index (χ1v) is 5.56. The van der Waals surface area contributed by atoms with Gasteiger partial charge in [-0.3, -0.25) is 5.10 Å². The number of ether oxygens (including phenoxy) is 1. The summed E-state index contributed by atoms with van der Waals surface area (Å²) >= 11 is 0. The molecule has 2 aromatic rings. The molecule has 0 saturated carbocycles. The molecule has 16 heavy (non-hydrogen) atoms. The molecule has 2 rings (SSSR count). The number of hydrogen-bond donors (Lipinski definition) is 1. The van der Waals surface area contributed by atoms with Gasteiger partial charge in [-0.15, -0.1) is 0 Å². The summed E-state index contributed by atoms with van der Waals surface area (Å²) in [6, 6.07) is 1.90. The first kappa shape index (κ1) is 10.9. The smallest absolute Gasteiger partial charge is 0.225 e. The first-order valence-electron chi connectivity index (χ1n) is 5.56. The van der Waals surface area contributed by atoms with Gasteiger partial charge in [-0.05, 0) is 25.8 Å². The van der Waals surface area contributed by atoms with Crippen LogP contribution in [-0.4, -0.2) is 21.3 Å². The molecule has 0 aromatic carbocycles. The van der Waals surface area contributed by atoms with E-state index in [1.165, 1.54) is 0 Å². The lowest BCUT2D eigenvalue weighted by molar-refractivity contribution is 0.166. The largest absolute Gasteiger partial charge is 0.474 e. The van der Waals surface area contributed by atoms with E-state index in [1.54, 1.807) is 6.20 Å². The van der Waals surface area contributed by atoms with Gasteiger partial charge in [0.25, 0.3) is 0 Å². The molecule has 1 N–H and O–H groups in total. The highest BCUT2D eigenvalue weighted by Gasteiger charge is 2.14. The van der Waals surface area contributed by atoms with Gasteiger partial charge in [-0.25, -0.2) is 4.98 Å². The van der Waals surface area contributed by atoms with Crippen molar-refractivity contribution in [3.05, 3.63) is 18.0 Å². The Bertz CT molecular complexity index is 490. The second-order valence-corrected chi connectivity index (χ2v) is 4.41. The van der Waals surface area contributed by atoms with Gasteiger partial charge < -0.3 is 4.74 Å². The van der Waals surface area contributed by atoms with Crippen LogP contribution in [0.15, 0.2) is 12.3 Å². The summed E-state index contributed by atoms with van der Waals surface area (Å²) in [6.07, 6.45) is 1.88. The van der Waals surface area contributed by atoms with E-state index in [9.17, 15) is 0 Å². The van der Waals surface area contributed by atoms with Crippen molar-refractivity contribution in [3.8, 4) is 5.88 Å². The molecule has 0 spiro atoms. The zero-order valence-corrected chi connectivity index (χ0v) is 10.1. The minimum absolute atomic E-state index is 0.146. The third kappa shape index (κ3) is 1.87. The molecular formula is C12H17N3O. The van der Waals surface area contributed by atoms with Gasteiger partial charge in [-0.1, -0.05) is 13.8 Å². The van der Waals surface area contributed by atoms with Crippen molar-refractivity contribution < 1.29 is 4.74 Å². The van der Waals surface area contributed by atoms with Gasteiger partial charge in [0.2, 0.25) is 5.88 Å². The van der Waals surface area contributed by atoms with Crippen LogP contribution in [-0.2, 0) is 0 Å². The van der Waals surface area contributed by atoms with Crippen LogP contribution >= 0.6 is 0 Å². The normalized spacial score (nSPS) is 13.3. The van der Waals surface area contributed by atoms with Crippen molar-refractivity contribution in [3.63, 3.8) is 0 Å². The Balaban J connectivity index is 2.40. The van der Waals surface area contributed by atoms with Crippen molar-refractivity contribution in [2.75, 3.05) is 0 Å². The van der Waals surface area contributed by atoms with E-state index in [1.807, 2.05) is 13.0 Å². The summed E-state index contributed by atoms with van der Waals surface area (Å²) in [7, 11) is 0. The van der Waals surface area contributed by atoms with E-state index in [-0.39, 0.29) is 6.10 Å². The highest BCUT2D eigenvalue weighted by Crippen LogP contribution is 2.25. The van der Waals surface area contributed by atoms with Gasteiger partial charge in [0.1, 0.15) is 0 Å². The Morgan fingerprint density at radius 1 is 1.31 bits per heavy atom. The Hall–Kier alpha value is -1.58. The van der Waals surface area contributed by atoms with E-state index in [0.29, 0.717) is 11.8 Å². The topological polar surface area (TPSA) is 50.8 Å². The van der Waals surface area contributed by atoms with Crippen molar-refractivity contribution >= 4 is 10.9 Å². The molecule has 4 nitrogen and oxygen atoms in total. The van der Waals surface area contributed by atoms with Crippen LogP contribution in [0.25, 0.3) is 10.9 Å². The lowest BCUT2D eigenvalue weighted by Gasteiger charge is -2.17. The molecular weight excluding hydrogens is 202 g/mol. The standard InChI is InChI=1S/C12H17N3O/c1-7(2)9(4)16-12-11-8(3)14-15-10(11)5-6-13-12/h5-7,9H,1-4H3,(H,14,15)/t9-/m0/s1. The van der Waals surface area contributed by atoms with Gasteiger partial charge in [0.15, 0.2) is 0 Å². The summed E-state index contributed by atoms with van der Waals surface area (Å²) in [5.41, 5.74) is 1.90. The molecule has 0 radical (unpaired) electrons. The van der Waals surface area contributed by atoms with Crippen molar-refractivity contribution in [2.24, 2.45) is 5.92 Å².